The van der Waals surface area contributed by atoms with E-state index in [2.05, 4.69) is 4.98 Å². The van der Waals surface area contributed by atoms with Gasteiger partial charge in [0.05, 0.1) is 11.2 Å². The van der Waals surface area contributed by atoms with Gasteiger partial charge in [-0.25, -0.2) is 4.98 Å². The lowest BCUT2D eigenvalue weighted by Gasteiger charge is -2.32. The highest BCUT2D eigenvalue weighted by Crippen LogP contribution is 2.37. The van der Waals surface area contributed by atoms with Crippen LogP contribution in [0.25, 0.3) is 22.1 Å². The second-order valence-corrected chi connectivity index (χ2v) is 7.11. The fraction of sp³-hybridized carbons (Fsp3) is 0.333. The lowest BCUT2D eigenvalue weighted by molar-refractivity contribution is 0.00578. The van der Waals surface area contributed by atoms with Crippen molar-refractivity contribution >= 4 is 34.7 Å². The first kappa shape index (κ1) is 15.2. The summed E-state index contributed by atoms with van der Waals surface area (Å²) in [6.45, 7) is 8.11. The second-order valence-electron chi connectivity index (χ2n) is 7.11. The Kier molecular flexibility index (Phi) is 3.05. The molecular formula is C18H17BN2O3. The largest absolute Gasteiger partial charge is 0.494 e. The van der Waals surface area contributed by atoms with Crippen LogP contribution in [-0.2, 0) is 9.31 Å². The minimum Gasteiger partial charge on any atom is -0.438 e. The molecule has 6 heteroatoms. The van der Waals surface area contributed by atoms with Crippen LogP contribution in [0.5, 0.6) is 0 Å². The number of hydrogen-bond acceptors (Lipinski definition) is 5. The first-order valence-electron chi connectivity index (χ1n) is 7.90. The van der Waals surface area contributed by atoms with Crippen LogP contribution in [0.3, 0.4) is 0 Å². The van der Waals surface area contributed by atoms with Crippen LogP contribution in [-0.4, -0.2) is 23.3 Å². The minimum atomic E-state index is -0.435. The highest BCUT2D eigenvalue weighted by Gasteiger charge is 2.51. The van der Waals surface area contributed by atoms with E-state index in [1.807, 2.05) is 58.0 Å². The van der Waals surface area contributed by atoms with Crippen molar-refractivity contribution in [1.29, 1.82) is 5.26 Å². The zero-order valence-electron chi connectivity index (χ0n) is 14.1. The van der Waals surface area contributed by atoms with Crippen molar-refractivity contribution in [2.24, 2.45) is 0 Å². The molecule has 24 heavy (non-hydrogen) atoms. The van der Waals surface area contributed by atoms with Crippen molar-refractivity contribution in [3.8, 4) is 6.07 Å². The summed E-state index contributed by atoms with van der Waals surface area (Å²) >= 11 is 0. The molecule has 0 spiro atoms. The maximum atomic E-state index is 8.97. The molecule has 1 fully saturated rings. The van der Waals surface area contributed by atoms with E-state index in [1.165, 1.54) is 0 Å². The van der Waals surface area contributed by atoms with Gasteiger partial charge in [-0.1, -0.05) is 12.1 Å². The van der Waals surface area contributed by atoms with Gasteiger partial charge in [-0.05, 0) is 51.4 Å². The topological polar surface area (TPSA) is 68.3 Å². The summed E-state index contributed by atoms with van der Waals surface area (Å²) in [4.78, 5) is 4.21. The third kappa shape index (κ3) is 2.13. The lowest BCUT2D eigenvalue weighted by Crippen LogP contribution is -2.41. The Morgan fingerprint density at radius 1 is 1.00 bits per heavy atom. The van der Waals surface area contributed by atoms with Crippen LogP contribution in [0, 0.1) is 11.3 Å². The van der Waals surface area contributed by atoms with Crippen molar-refractivity contribution < 1.29 is 13.7 Å². The van der Waals surface area contributed by atoms with Gasteiger partial charge in [0.15, 0.2) is 0 Å². The summed E-state index contributed by atoms with van der Waals surface area (Å²) in [5, 5.41) is 10.8. The highest BCUT2D eigenvalue weighted by molar-refractivity contribution is 6.62. The molecule has 1 aromatic carbocycles. The quantitative estimate of drug-likeness (QED) is 0.644. The molecule has 0 saturated carbocycles. The zero-order valence-corrected chi connectivity index (χ0v) is 14.1. The summed E-state index contributed by atoms with van der Waals surface area (Å²) < 4.78 is 18.0. The second kappa shape index (κ2) is 4.82. The van der Waals surface area contributed by atoms with E-state index in [1.54, 1.807) is 6.07 Å². The molecule has 0 amide bonds. The zero-order chi connectivity index (χ0) is 17.1. The van der Waals surface area contributed by atoms with E-state index in [0.29, 0.717) is 17.0 Å². The summed E-state index contributed by atoms with van der Waals surface area (Å²) in [7, 11) is -0.435. The third-order valence-electron chi connectivity index (χ3n) is 5.00. The Balaban J connectivity index is 1.79. The molecule has 4 rings (SSSR count). The molecule has 1 saturated heterocycles. The maximum Gasteiger partial charge on any atom is 0.494 e. The Bertz CT molecular complexity index is 985. The Labute approximate surface area is 140 Å². The van der Waals surface area contributed by atoms with Crippen LogP contribution in [0.4, 0.5) is 0 Å². The molecule has 0 radical (unpaired) electrons. The van der Waals surface area contributed by atoms with Crippen molar-refractivity contribution in [3.63, 3.8) is 0 Å². The normalized spacial score (nSPS) is 19.0. The molecule has 3 heterocycles. The van der Waals surface area contributed by atoms with Gasteiger partial charge in [0.25, 0.3) is 0 Å². The predicted molar refractivity (Wildman–Crippen MR) is 91.9 cm³/mol. The molecule has 0 N–H and O–H groups in total. The Morgan fingerprint density at radius 3 is 2.33 bits per heavy atom. The summed E-state index contributed by atoms with van der Waals surface area (Å²) in [6.07, 6.45) is 0. The van der Waals surface area contributed by atoms with E-state index in [9.17, 15) is 0 Å². The Hall–Kier alpha value is -2.36. The number of benzene rings is 1. The van der Waals surface area contributed by atoms with Gasteiger partial charge in [-0.3, -0.25) is 0 Å². The van der Waals surface area contributed by atoms with E-state index in [4.69, 9.17) is 19.0 Å². The van der Waals surface area contributed by atoms with Gasteiger partial charge in [0, 0.05) is 10.8 Å². The van der Waals surface area contributed by atoms with Gasteiger partial charge >= 0.3 is 7.12 Å². The van der Waals surface area contributed by atoms with E-state index in [0.717, 1.165) is 16.2 Å². The fourth-order valence-electron chi connectivity index (χ4n) is 2.86. The number of nitrogens with zero attached hydrogens (tertiary/aromatic N) is 2. The lowest BCUT2D eigenvalue weighted by atomic mass is 9.79. The number of rotatable bonds is 1. The number of hydrogen-bond donors (Lipinski definition) is 0. The van der Waals surface area contributed by atoms with Gasteiger partial charge in [-0.15, -0.1) is 0 Å². The first-order valence-corrected chi connectivity index (χ1v) is 7.90. The maximum absolute atomic E-state index is 8.97. The molecule has 3 aromatic rings. The van der Waals surface area contributed by atoms with Gasteiger partial charge in [0.2, 0.25) is 5.71 Å². The first-order chi connectivity index (χ1) is 11.3. The van der Waals surface area contributed by atoms with Gasteiger partial charge in [-0.2, -0.15) is 5.26 Å². The Morgan fingerprint density at radius 2 is 1.67 bits per heavy atom. The predicted octanol–water partition coefficient (Wildman–Crippen LogP) is 3.15. The van der Waals surface area contributed by atoms with Gasteiger partial charge < -0.3 is 13.7 Å². The minimum absolute atomic E-state index is 0.340. The van der Waals surface area contributed by atoms with Gasteiger partial charge in [0.1, 0.15) is 17.3 Å². The van der Waals surface area contributed by atoms with Crippen molar-refractivity contribution in [2.75, 3.05) is 0 Å². The molecule has 5 nitrogen and oxygen atoms in total. The molecule has 1 aliphatic heterocycles. The molecule has 0 bridgehead atoms. The van der Waals surface area contributed by atoms with Crippen molar-refractivity contribution in [1.82, 2.24) is 4.98 Å². The van der Waals surface area contributed by atoms with E-state index < -0.39 is 7.12 Å². The van der Waals surface area contributed by atoms with E-state index >= 15 is 0 Å². The summed E-state index contributed by atoms with van der Waals surface area (Å²) in [5.41, 5.74) is 1.65. The standard InChI is InChI=1S/C18H17BN2O3/c1-17(2)18(3,4)24-19(23-17)11-5-7-13-14-8-6-12(10-20)21-16(14)22-15(13)9-11/h5-9H,1-4H3. The molecule has 0 aliphatic carbocycles. The van der Waals surface area contributed by atoms with Crippen LogP contribution in [0.2, 0.25) is 0 Å². The number of nitriles is 1. The molecule has 0 atom stereocenters. The molecule has 120 valence electrons. The molecule has 1 aliphatic rings. The molecular weight excluding hydrogens is 303 g/mol. The van der Waals surface area contributed by atoms with Crippen LogP contribution in [0.15, 0.2) is 34.7 Å². The van der Waals surface area contributed by atoms with E-state index in [-0.39, 0.29) is 11.2 Å². The van der Waals surface area contributed by atoms with Crippen molar-refractivity contribution in [2.45, 2.75) is 38.9 Å². The third-order valence-corrected chi connectivity index (χ3v) is 5.00. The number of aromatic nitrogens is 1. The van der Waals surface area contributed by atoms with Crippen LogP contribution < -0.4 is 5.46 Å². The number of pyridine rings is 1. The number of furan rings is 1. The monoisotopic (exact) mass is 320 g/mol. The summed E-state index contributed by atoms with van der Waals surface area (Å²) in [5.74, 6) is 0. The summed E-state index contributed by atoms with van der Waals surface area (Å²) in [6, 6.07) is 11.5. The molecule has 2 aromatic heterocycles. The van der Waals surface area contributed by atoms with Crippen LogP contribution >= 0.6 is 0 Å². The SMILES string of the molecule is CC1(C)OB(c2ccc3c(c2)oc2nc(C#N)ccc23)OC1(C)C. The van der Waals surface area contributed by atoms with Crippen LogP contribution in [0.1, 0.15) is 33.4 Å². The molecule has 0 unspecified atom stereocenters. The average molecular weight is 320 g/mol. The smallest absolute Gasteiger partial charge is 0.438 e. The fourth-order valence-corrected chi connectivity index (χ4v) is 2.86. The highest BCUT2D eigenvalue weighted by atomic mass is 16.7. The average Bonchev–Trinajstić information content (AvgIpc) is 2.99. The van der Waals surface area contributed by atoms with Crippen molar-refractivity contribution in [3.05, 3.63) is 36.0 Å². The number of fused-ring (bicyclic) bond motifs is 3.